The number of nitrogens with zero attached hydrogens (tertiary/aromatic N) is 1. The van der Waals surface area contributed by atoms with E-state index in [4.69, 9.17) is 4.74 Å². The molecule has 0 radical (unpaired) electrons. The third-order valence-corrected chi connectivity index (χ3v) is 6.37. The van der Waals surface area contributed by atoms with Gasteiger partial charge in [-0.2, -0.15) is 13.2 Å². The molecule has 2 N–H and O–H groups in total. The zero-order valence-electron chi connectivity index (χ0n) is 18.6. The summed E-state index contributed by atoms with van der Waals surface area (Å²) in [4.78, 5) is 26.8. The molecule has 2 amide bonds. The number of carbonyl (C=O) groups is 2. The van der Waals surface area contributed by atoms with Crippen LogP contribution in [0.25, 0.3) is 0 Å². The predicted octanol–water partition coefficient (Wildman–Crippen LogP) is 3.05. The van der Waals surface area contributed by atoms with Crippen LogP contribution in [0.4, 0.5) is 13.2 Å². The first kappa shape index (κ1) is 25.6. The summed E-state index contributed by atoms with van der Waals surface area (Å²) in [6.45, 7) is 5.25. The number of nitrogens with one attached hydrogen (secondary N) is 1. The number of rotatable bonds is 8. The Morgan fingerprint density at radius 1 is 1.23 bits per heavy atom. The van der Waals surface area contributed by atoms with E-state index < -0.39 is 35.6 Å². The first-order chi connectivity index (χ1) is 14.5. The maximum absolute atomic E-state index is 13.1. The van der Waals surface area contributed by atoms with Crippen LogP contribution in [0.15, 0.2) is 12.2 Å². The fourth-order valence-corrected chi connectivity index (χ4v) is 3.99. The van der Waals surface area contributed by atoms with Crippen molar-refractivity contribution in [3.05, 3.63) is 12.2 Å². The van der Waals surface area contributed by atoms with E-state index in [0.29, 0.717) is 6.42 Å². The number of aliphatic hydroxyl groups excluding tert-OH is 1. The van der Waals surface area contributed by atoms with Crippen LogP contribution in [0.5, 0.6) is 0 Å². The monoisotopic (exact) mass is 448 g/mol. The van der Waals surface area contributed by atoms with E-state index in [9.17, 15) is 27.9 Å². The van der Waals surface area contributed by atoms with Crippen LogP contribution in [-0.4, -0.2) is 66.4 Å². The van der Waals surface area contributed by atoms with Crippen molar-refractivity contribution in [2.75, 3.05) is 26.3 Å². The molecular formula is C22H35F3N2O4. The van der Waals surface area contributed by atoms with Crippen molar-refractivity contribution >= 4 is 11.8 Å². The summed E-state index contributed by atoms with van der Waals surface area (Å²) >= 11 is 0. The van der Waals surface area contributed by atoms with E-state index in [-0.39, 0.29) is 51.0 Å². The number of amides is 2. The van der Waals surface area contributed by atoms with Gasteiger partial charge in [0.25, 0.3) is 0 Å². The molecule has 0 bridgehead atoms. The van der Waals surface area contributed by atoms with E-state index >= 15 is 0 Å². The molecular weight excluding hydrogens is 413 g/mol. The number of ether oxygens (including phenoxy) is 1. The summed E-state index contributed by atoms with van der Waals surface area (Å²) in [6.07, 6.45) is 1.07. The zero-order valence-corrected chi connectivity index (χ0v) is 18.6. The lowest BCUT2D eigenvalue weighted by atomic mass is 9.78. The van der Waals surface area contributed by atoms with Gasteiger partial charge in [-0.15, -0.1) is 0 Å². The van der Waals surface area contributed by atoms with Crippen molar-refractivity contribution < 1.29 is 32.6 Å². The summed E-state index contributed by atoms with van der Waals surface area (Å²) in [5.74, 6) is -2.51. The van der Waals surface area contributed by atoms with Crippen molar-refractivity contribution in [2.24, 2.45) is 17.3 Å². The molecule has 6 nitrogen and oxygen atoms in total. The molecule has 31 heavy (non-hydrogen) atoms. The van der Waals surface area contributed by atoms with Crippen molar-refractivity contribution in [3.8, 4) is 0 Å². The zero-order chi connectivity index (χ0) is 23.2. The minimum atomic E-state index is -4.26. The maximum Gasteiger partial charge on any atom is 0.391 e. The van der Waals surface area contributed by atoms with Crippen LogP contribution in [-0.2, 0) is 14.3 Å². The molecule has 2 unspecified atom stereocenters. The van der Waals surface area contributed by atoms with E-state index in [1.807, 2.05) is 6.08 Å². The lowest BCUT2D eigenvalue weighted by Gasteiger charge is -2.38. The Kier molecular flexibility index (Phi) is 8.94. The van der Waals surface area contributed by atoms with E-state index in [2.05, 4.69) is 11.4 Å². The highest BCUT2D eigenvalue weighted by molar-refractivity contribution is 5.88. The van der Waals surface area contributed by atoms with Crippen LogP contribution in [0, 0.1) is 17.3 Å². The lowest BCUT2D eigenvalue weighted by Crippen LogP contribution is -2.57. The van der Waals surface area contributed by atoms with Crippen molar-refractivity contribution in [1.82, 2.24) is 10.2 Å². The highest BCUT2D eigenvalue weighted by Gasteiger charge is 2.43. The molecule has 1 heterocycles. The molecule has 9 heteroatoms. The van der Waals surface area contributed by atoms with Crippen LogP contribution >= 0.6 is 0 Å². The Bertz CT molecular complexity index is 645. The number of aliphatic hydroxyl groups is 1. The molecule has 0 saturated carbocycles. The number of alkyl halides is 3. The van der Waals surface area contributed by atoms with Gasteiger partial charge in [-0.3, -0.25) is 9.59 Å². The second kappa shape index (κ2) is 10.8. The second-order valence-corrected chi connectivity index (χ2v) is 9.17. The molecule has 1 aliphatic heterocycles. The van der Waals surface area contributed by atoms with E-state index in [1.165, 1.54) is 4.90 Å². The summed E-state index contributed by atoms with van der Waals surface area (Å²) in [5, 5.41) is 12.6. The van der Waals surface area contributed by atoms with E-state index in [0.717, 1.165) is 12.8 Å². The predicted molar refractivity (Wildman–Crippen MR) is 110 cm³/mol. The summed E-state index contributed by atoms with van der Waals surface area (Å²) in [5.41, 5.74) is -0.427. The number of carbonyl (C=O) groups excluding carboxylic acids is 2. The normalized spacial score (nSPS) is 24.8. The van der Waals surface area contributed by atoms with Gasteiger partial charge < -0.3 is 20.1 Å². The van der Waals surface area contributed by atoms with Crippen LogP contribution in [0.2, 0.25) is 0 Å². The Morgan fingerprint density at radius 2 is 1.87 bits per heavy atom. The Morgan fingerprint density at radius 3 is 2.35 bits per heavy atom. The Balaban J connectivity index is 2.06. The average molecular weight is 449 g/mol. The standard InChI is InChI=1S/C22H35F3N2O4/c1-15(2)19(29)26-18(16(3)31-14-21(13-28)9-5-4-6-10-21)20(30)27-11-7-17(8-12-27)22(23,24)25/h4-5,15-18,28H,6-14H2,1-3H3,(H,26,29)/t16-,18?,21?/m1/s1. The number of halogens is 3. The molecule has 2 rings (SSSR count). The Labute approximate surface area is 182 Å². The number of piperidine rings is 1. The highest BCUT2D eigenvalue weighted by atomic mass is 19.4. The second-order valence-electron chi connectivity index (χ2n) is 9.17. The van der Waals surface area contributed by atoms with Gasteiger partial charge in [0.2, 0.25) is 11.8 Å². The molecule has 0 aromatic carbocycles. The number of allylic oxidation sites excluding steroid dienone is 2. The molecule has 1 fully saturated rings. The quantitative estimate of drug-likeness (QED) is 0.560. The number of hydrogen-bond donors (Lipinski definition) is 2. The SMILES string of the molecule is CC(C)C(=O)NC(C(=O)N1CCC(C(F)(F)F)CC1)[C@@H](C)OCC1(CO)CC=CCC1. The topological polar surface area (TPSA) is 78.9 Å². The molecule has 178 valence electrons. The minimum absolute atomic E-state index is 0.00481. The van der Waals surface area contributed by atoms with Gasteiger partial charge in [0.15, 0.2) is 0 Å². The van der Waals surface area contributed by atoms with E-state index in [1.54, 1.807) is 20.8 Å². The first-order valence-corrected chi connectivity index (χ1v) is 11.0. The summed E-state index contributed by atoms with van der Waals surface area (Å²) < 4.78 is 44.8. The van der Waals surface area contributed by atoms with Crippen molar-refractivity contribution in [3.63, 3.8) is 0 Å². The van der Waals surface area contributed by atoms with Gasteiger partial charge in [0, 0.05) is 24.4 Å². The van der Waals surface area contributed by atoms with Crippen molar-refractivity contribution in [1.29, 1.82) is 0 Å². The smallest absolute Gasteiger partial charge is 0.391 e. The Hall–Kier alpha value is -1.61. The van der Waals surface area contributed by atoms with Gasteiger partial charge in [0.1, 0.15) is 6.04 Å². The lowest BCUT2D eigenvalue weighted by molar-refractivity contribution is -0.187. The third kappa shape index (κ3) is 6.94. The largest absolute Gasteiger partial charge is 0.396 e. The van der Waals surface area contributed by atoms with Crippen LogP contribution in [0.1, 0.15) is 52.9 Å². The molecule has 0 aromatic heterocycles. The molecule has 1 saturated heterocycles. The van der Waals surface area contributed by atoms with Gasteiger partial charge in [0.05, 0.1) is 25.2 Å². The fourth-order valence-electron chi connectivity index (χ4n) is 3.99. The number of hydrogen-bond acceptors (Lipinski definition) is 4. The third-order valence-electron chi connectivity index (χ3n) is 6.37. The molecule has 2 aliphatic rings. The molecule has 3 atom stereocenters. The first-order valence-electron chi connectivity index (χ1n) is 11.0. The van der Waals surface area contributed by atoms with Crippen LogP contribution < -0.4 is 5.32 Å². The van der Waals surface area contributed by atoms with Gasteiger partial charge >= 0.3 is 6.18 Å². The minimum Gasteiger partial charge on any atom is -0.396 e. The highest BCUT2D eigenvalue weighted by Crippen LogP contribution is 2.35. The van der Waals surface area contributed by atoms with Gasteiger partial charge in [-0.05, 0) is 39.0 Å². The molecule has 0 spiro atoms. The average Bonchev–Trinajstić information content (AvgIpc) is 2.75. The number of likely N-dealkylation sites (tertiary alicyclic amines) is 1. The maximum atomic E-state index is 13.1. The summed E-state index contributed by atoms with van der Waals surface area (Å²) in [7, 11) is 0. The molecule has 1 aliphatic carbocycles. The summed E-state index contributed by atoms with van der Waals surface area (Å²) in [6, 6.07) is -0.993. The molecule has 0 aromatic rings. The van der Waals surface area contributed by atoms with Gasteiger partial charge in [-0.1, -0.05) is 26.0 Å². The van der Waals surface area contributed by atoms with Gasteiger partial charge in [-0.25, -0.2) is 0 Å². The van der Waals surface area contributed by atoms with Crippen molar-refractivity contribution in [2.45, 2.75) is 71.2 Å². The van der Waals surface area contributed by atoms with Crippen LogP contribution in [0.3, 0.4) is 0 Å². The fraction of sp³-hybridized carbons (Fsp3) is 0.818.